The molecule has 0 spiro atoms. The van der Waals surface area contributed by atoms with E-state index in [1.807, 2.05) is 0 Å². The second-order valence-electron chi connectivity index (χ2n) is 5.13. The van der Waals surface area contributed by atoms with Crippen LogP contribution < -0.4 is 0 Å². The summed E-state index contributed by atoms with van der Waals surface area (Å²) < 4.78 is 0. The van der Waals surface area contributed by atoms with Gasteiger partial charge in [-0.15, -0.1) is 0 Å². The first-order valence-corrected chi connectivity index (χ1v) is 6.09. The van der Waals surface area contributed by atoms with Gasteiger partial charge in [0.25, 0.3) is 0 Å². The highest BCUT2D eigenvalue weighted by Crippen LogP contribution is 2.39. The zero-order chi connectivity index (χ0) is 10.3. The van der Waals surface area contributed by atoms with Gasteiger partial charge in [0, 0.05) is 0 Å². The van der Waals surface area contributed by atoms with Crippen LogP contribution in [0.3, 0.4) is 0 Å². The van der Waals surface area contributed by atoms with Gasteiger partial charge in [-0.25, -0.2) is 0 Å². The van der Waals surface area contributed by atoms with E-state index < -0.39 is 0 Å². The van der Waals surface area contributed by atoms with E-state index in [0.29, 0.717) is 0 Å². The monoisotopic (exact) mass is 202 g/mol. The molecule has 2 aliphatic carbocycles. The van der Waals surface area contributed by atoms with Crippen LogP contribution in [0.1, 0.15) is 42.4 Å². The van der Waals surface area contributed by atoms with Crippen molar-refractivity contribution in [2.45, 2.75) is 50.5 Å². The Balaban J connectivity index is 1.77. The highest BCUT2D eigenvalue weighted by molar-refractivity contribution is 5.38. The first-order valence-electron chi connectivity index (χ1n) is 6.09. The number of rotatable bonds is 3. The predicted molar refractivity (Wildman–Crippen MR) is 61.0 cm³/mol. The molecular formula is C14H18O. The smallest absolute Gasteiger partial charge is 0.0653 e. The summed E-state index contributed by atoms with van der Waals surface area (Å²) in [4.78, 5) is 0. The van der Waals surface area contributed by atoms with Crippen molar-refractivity contribution in [3.05, 3.63) is 34.9 Å². The van der Waals surface area contributed by atoms with E-state index in [1.54, 1.807) is 11.1 Å². The Morgan fingerprint density at radius 2 is 2.07 bits per heavy atom. The van der Waals surface area contributed by atoms with Gasteiger partial charge >= 0.3 is 0 Å². The third-order valence-corrected chi connectivity index (χ3v) is 3.93. The number of benzene rings is 1. The topological polar surface area (TPSA) is 20.2 Å². The van der Waals surface area contributed by atoms with Crippen LogP contribution in [0, 0.1) is 0 Å². The Morgan fingerprint density at radius 1 is 1.20 bits per heavy atom. The fourth-order valence-electron chi connectivity index (χ4n) is 2.69. The quantitative estimate of drug-likeness (QED) is 0.799. The molecule has 0 heterocycles. The van der Waals surface area contributed by atoms with Crippen molar-refractivity contribution in [3.8, 4) is 0 Å². The summed E-state index contributed by atoms with van der Waals surface area (Å²) in [5.41, 5.74) is 4.34. The summed E-state index contributed by atoms with van der Waals surface area (Å²) in [6.07, 6.45) is 7.89. The van der Waals surface area contributed by atoms with Crippen molar-refractivity contribution >= 4 is 0 Å². The summed E-state index contributed by atoms with van der Waals surface area (Å²) in [5, 5.41) is 9.84. The van der Waals surface area contributed by atoms with E-state index in [4.69, 9.17) is 0 Å². The summed E-state index contributed by atoms with van der Waals surface area (Å²) in [6, 6.07) is 6.68. The normalized spacial score (nSPS) is 21.4. The van der Waals surface area contributed by atoms with Gasteiger partial charge in [-0.05, 0) is 61.6 Å². The molecule has 15 heavy (non-hydrogen) atoms. The van der Waals surface area contributed by atoms with Crippen molar-refractivity contribution in [3.63, 3.8) is 0 Å². The van der Waals surface area contributed by atoms with Gasteiger partial charge in [0.15, 0.2) is 0 Å². The van der Waals surface area contributed by atoms with Gasteiger partial charge in [-0.1, -0.05) is 18.2 Å². The average Bonchev–Trinajstić information content (AvgIpc) is 2.80. The summed E-state index contributed by atoms with van der Waals surface area (Å²) in [7, 11) is 0. The lowest BCUT2D eigenvalue weighted by atomic mass is 9.98. The highest BCUT2D eigenvalue weighted by atomic mass is 16.3. The molecule has 0 bridgehead atoms. The van der Waals surface area contributed by atoms with Crippen molar-refractivity contribution in [2.75, 3.05) is 0 Å². The Labute approximate surface area is 91.1 Å². The van der Waals surface area contributed by atoms with E-state index in [2.05, 4.69) is 18.2 Å². The van der Waals surface area contributed by atoms with Crippen LogP contribution in [-0.2, 0) is 19.3 Å². The van der Waals surface area contributed by atoms with Crippen LogP contribution in [0.4, 0.5) is 0 Å². The second kappa shape index (κ2) is 3.34. The molecule has 0 unspecified atom stereocenters. The van der Waals surface area contributed by atoms with Crippen LogP contribution in [0.5, 0.6) is 0 Å². The van der Waals surface area contributed by atoms with Gasteiger partial charge in [0.05, 0.1) is 5.60 Å². The van der Waals surface area contributed by atoms with E-state index in [0.717, 1.165) is 25.7 Å². The number of hydrogen-bond donors (Lipinski definition) is 1. The van der Waals surface area contributed by atoms with Crippen molar-refractivity contribution in [1.29, 1.82) is 0 Å². The van der Waals surface area contributed by atoms with E-state index >= 15 is 0 Å². The van der Waals surface area contributed by atoms with Crippen LogP contribution in [0.15, 0.2) is 18.2 Å². The van der Waals surface area contributed by atoms with Crippen molar-refractivity contribution in [1.82, 2.24) is 0 Å². The fraction of sp³-hybridized carbons (Fsp3) is 0.571. The third-order valence-electron chi connectivity index (χ3n) is 3.93. The van der Waals surface area contributed by atoms with Crippen molar-refractivity contribution < 1.29 is 5.11 Å². The molecule has 1 saturated carbocycles. The lowest BCUT2D eigenvalue weighted by Gasteiger charge is -2.11. The lowest BCUT2D eigenvalue weighted by molar-refractivity contribution is 0.140. The van der Waals surface area contributed by atoms with Crippen LogP contribution in [0.2, 0.25) is 0 Å². The van der Waals surface area contributed by atoms with Gasteiger partial charge in [0.1, 0.15) is 0 Å². The molecule has 1 aromatic rings. The fourth-order valence-corrected chi connectivity index (χ4v) is 2.69. The summed E-state index contributed by atoms with van der Waals surface area (Å²) in [6.45, 7) is 0. The standard InChI is InChI=1S/C14H18O/c15-14(9-10-14)8-7-12-4-1-3-11-5-2-6-13(11)12/h1,3-4,15H,2,5-10H2. The zero-order valence-corrected chi connectivity index (χ0v) is 9.13. The van der Waals surface area contributed by atoms with Crippen LogP contribution in [-0.4, -0.2) is 10.7 Å². The second-order valence-corrected chi connectivity index (χ2v) is 5.13. The molecule has 0 atom stereocenters. The van der Waals surface area contributed by atoms with Gasteiger partial charge < -0.3 is 5.11 Å². The molecule has 0 aliphatic heterocycles. The van der Waals surface area contributed by atoms with Crippen LogP contribution >= 0.6 is 0 Å². The third kappa shape index (κ3) is 1.81. The van der Waals surface area contributed by atoms with E-state index in [-0.39, 0.29) is 5.60 Å². The Kier molecular flexibility index (Phi) is 2.10. The molecule has 2 aliphatic rings. The van der Waals surface area contributed by atoms with Crippen LogP contribution in [0.25, 0.3) is 0 Å². The number of hydrogen-bond acceptors (Lipinski definition) is 1. The summed E-state index contributed by atoms with van der Waals surface area (Å²) >= 11 is 0. The SMILES string of the molecule is OC1(CCc2cccc3c2CCC3)CC1. The Bertz CT molecular complexity index is 377. The summed E-state index contributed by atoms with van der Waals surface area (Å²) in [5.74, 6) is 0. The maximum atomic E-state index is 9.84. The maximum absolute atomic E-state index is 9.84. The Morgan fingerprint density at radius 3 is 2.87 bits per heavy atom. The Hall–Kier alpha value is -0.820. The lowest BCUT2D eigenvalue weighted by Crippen LogP contribution is -2.08. The maximum Gasteiger partial charge on any atom is 0.0653 e. The molecule has 0 aromatic heterocycles. The van der Waals surface area contributed by atoms with Gasteiger partial charge in [-0.2, -0.15) is 0 Å². The first kappa shape index (κ1) is 9.41. The number of aliphatic hydroxyl groups is 1. The van der Waals surface area contributed by atoms with Gasteiger partial charge in [0.2, 0.25) is 0 Å². The molecule has 1 aromatic carbocycles. The molecular weight excluding hydrogens is 184 g/mol. The first-order chi connectivity index (χ1) is 7.27. The molecule has 3 rings (SSSR count). The highest BCUT2D eigenvalue weighted by Gasteiger charge is 2.39. The largest absolute Gasteiger partial charge is 0.390 e. The molecule has 1 N–H and O–H groups in total. The molecule has 0 saturated heterocycles. The molecule has 1 nitrogen and oxygen atoms in total. The minimum absolute atomic E-state index is 0.290. The number of fused-ring (bicyclic) bond motifs is 1. The molecule has 0 radical (unpaired) electrons. The van der Waals surface area contributed by atoms with E-state index in [1.165, 1.54) is 24.8 Å². The predicted octanol–water partition coefficient (Wildman–Crippen LogP) is 2.63. The minimum Gasteiger partial charge on any atom is -0.390 e. The van der Waals surface area contributed by atoms with Crippen molar-refractivity contribution in [2.24, 2.45) is 0 Å². The number of aryl methyl sites for hydroxylation is 2. The molecule has 0 amide bonds. The average molecular weight is 202 g/mol. The van der Waals surface area contributed by atoms with E-state index in [9.17, 15) is 5.11 Å². The van der Waals surface area contributed by atoms with Gasteiger partial charge in [-0.3, -0.25) is 0 Å². The molecule has 80 valence electrons. The zero-order valence-electron chi connectivity index (χ0n) is 9.13. The molecule has 1 heteroatoms. The minimum atomic E-state index is -0.290. The molecule has 1 fully saturated rings.